The zero-order valence-corrected chi connectivity index (χ0v) is 23.0. The van der Waals surface area contributed by atoms with Gasteiger partial charge in [0.1, 0.15) is 17.9 Å². The quantitative estimate of drug-likeness (QED) is 0.431. The minimum absolute atomic E-state index is 0.00587. The second-order valence-electron chi connectivity index (χ2n) is 10.6. The van der Waals surface area contributed by atoms with Crippen LogP contribution in [-0.4, -0.2) is 71.7 Å². The van der Waals surface area contributed by atoms with Crippen molar-refractivity contribution in [3.8, 4) is 6.07 Å². The number of ether oxygens (including phenoxy) is 1. The first-order valence-electron chi connectivity index (χ1n) is 13.5. The zero-order valence-electron chi connectivity index (χ0n) is 23.0. The predicted molar refractivity (Wildman–Crippen MR) is 141 cm³/mol. The van der Waals surface area contributed by atoms with E-state index in [0.717, 1.165) is 34.3 Å². The number of hydrogen-bond donors (Lipinski definition) is 1. The standard InChI is InChI=1S/C29H33F4N5O3/c1-18-11-23(16-35-19(18)2)27(28(40)36-15-20-3-4-20)38(17-22-6-5-21(14-34)12-24(22)30)26(39)13-25(29(31,32)33)37-7-9-41-10-8-37/h5-6,11-12,16,20,25,27H,3-4,7-10,13,15,17H2,1-2H3,(H,36,40). The lowest BCUT2D eigenvalue weighted by Crippen LogP contribution is -2.53. The molecule has 2 heterocycles. The molecule has 2 fully saturated rings. The summed E-state index contributed by atoms with van der Waals surface area (Å²) in [6, 6.07) is 3.67. The summed E-state index contributed by atoms with van der Waals surface area (Å²) in [6.45, 7) is 3.60. The largest absolute Gasteiger partial charge is 0.404 e. The lowest BCUT2D eigenvalue weighted by Gasteiger charge is -2.37. The van der Waals surface area contributed by atoms with E-state index in [1.165, 1.54) is 18.3 Å². The minimum Gasteiger partial charge on any atom is -0.379 e. The number of benzene rings is 1. The number of hydrogen-bond acceptors (Lipinski definition) is 6. The fraction of sp³-hybridized carbons (Fsp3) is 0.517. The molecule has 2 atom stereocenters. The van der Waals surface area contributed by atoms with Gasteiger partial charge in [0, 0.05) is 49.2 Å². The van der Waals surface area contributed by atoms with Crippen LogP contribution in [0.15, 0.2) is 30.5 Å². The topological polar surface area (TPSA) is 98.6 Å². The molecular formula is C29H33F4N5O3. The van der Waals surface area contributed by atoms with Gasteiger partial charge in [-0.1, -0.05) is 12.1 Å². The van der Waals surface area contributed by atoms with Crippen LogP contribution in [0.4, 0.5) is 17.6 Å². The molecule has 12 heteroatoms. The van der Waals surface area contributed by atoms with Gasteiger partial charge in [-0.15, -0.1) is 0 Å². The summed E-state index contributed by atoms with van der Waals surface area (Å²) in [5.41, 5.74) is 1.72. The second-order valence-corrected chi connectivity index (χ2v) is 10.6. The van der Waals surface area contributed by atoms with Crippen LogP contribution in [0.1, 0.15) is 53.3 Å². The fourth-order valence-electron chi connectivity index (χ4n) is 4.83. The Balaban J connectivity index is 1.75. The Hall–Kier alpha value is -3.56. The number of aromatic nitrogens is 1. The van der Waals surface area contributed by atoms with Crippen LogP contribution in [0.25, 0.3) is 0 Å². The smallest absolute Gasteiger partial charge is 0.379 e. The van der Waals surface area contributed by atoms with Gasteiger partial charge in [0.15, 0.2) is 0 Å². The average molecular weight is 576 g/mol. The molecule has 2 amide bonds. The van der Waals surface area contributed by atoms with Crippen molar-refractivity contribution in [2.24, 2.45) is 5.92 Å². The van der Waals surface area contributed by atoms with Crippen molar-refractivity contribution in [3.05, 3.63) is 64.2 Å². The number of nitrogens with one attached hydrogen (secondary N) is 1. The van der Waals surface area contributed by atoms with Crippen molar-refractivity contribution >= 4 is 11.8 Å². The molecule has 1 N–H and O–H groups in total. The molecule has 2 aromatic rings. The third-order valence-corrected chi connectivity index (χ3v) is 7.57. The molecule has 1 aliphatic heterocycles. The van der Waals surface area contributed by atoms with Crippen LogP contribution in [0, 0.1) is 36.9 Å². The van der Waals surface area contributed by atoms with E-state index in [-0.39, 0.29) is 37.4 Å². The van der Waals surface area contributed by atoms with E-state index < -0.39 is 48.9 Å². The predicted octanol–water partition coefficient (Wildman–Crippen LogP) is 3.96. The fourth-order valence-corrected chi connectivity index (χ4v) is 4.83. The number of pyridine rings is 1. The maximum absolute atomic E-state index is 15.0. The number of rotatable bonds is 10. The summed E-state index contributed by atoms with van der Waals surface area (Å²) < 4.78 is 63.0. The molecule has 0 bridgehead atoms. The number of nitriles is 1. The van der Waals surface area contributed by atoms with E-state index in [0.29, 0.717) is 23.7 Å². The van der Waals surface area contributed by atoms with Crippen molar-refractivity contribution in [3.63, 3.8) is 0 Å². The van der Waals surface area contributed by atoms with Gasteiger partial charge in [0.2, 0.25) is 11.8 Å². The summed E-state index contributed by atoms with van der Waals surface area (Å²) in [6.07, 6.45) is -2.39. The number of morpholine rings is 1. The average Bonchev–Trinajstić information content (AvgIpc) is 3.77. The molecule has 220 valence electrons. The van der Waals surface area contributed by atoms with Crippen LogP contribution < -0.4 is 5.32 Å². The number of halogens is 4. The van der Waals surface area contributed by atoms with Crippen LogP contribution in [0.5, 0.6) is 0 Å². The molecule has 1 aliphatic carbocycles. The highest BCUT2D eigenvalue weighted by atomic mass is 19.4. The Morgan fingerprint density at radius 2 is 1.93 bits per heavy atom. The van der Waals surface area contributed by atoms with Crippen LogP contribution >= 0.6 is 0 Å². The molecule has 41 heavy (non-hydrogen) atoms. The Kier molecular flexibility index (Phi) is 9.60. The minimum atomic E-state index is -4.73. The molecule has 1 aromatic heterocycles. The van der Waals surface area contributed by atoms with E-state index in [2.05, 4.69) is 10.3 Å². The monoisotopic (exact) mass is 575 g/mol. The Morgan fingerprint density at radius 3 is 2.51 bits per heavy atom. The summed E-state index contributed by atoms with van der Waals surface area (Å²) in [4.78, 5) is 34.0. The van der Waals surface area contributed by atoms with Crippen molar-refractivity contribution in [2.75, 3.05) is 32.8 Å². The maximum atomic E-state index is 15.0. The Labute approximate surface area is 236 Å². The highest BCUT2D eigenvalue weighted by Gasteiger charge is 2.46. The van der Waals surface area contributed by atoms with Gasteiger partial charge in [-0.2, -0.15) is 18.4 Å². The SMILES string of the molecule is Cc1cc(C(C(=O)NCC2CC2)N(Cc2ccc(C#N)cc2F)C(=O)CC(N2CCOCC2)C(F)(F)F)cnc1C. The van der Waals surface area contributed by atoms with Gasteiger partial charge in [-0.05, 0) is 50.3 Å². The highest BCUT2D eigenvalue weighted by Crippen LogP contribution is 2.33. The van der Waals surface area contributed by atoms with Gasteiger partial charge in [0.25, 0.3) is 0 Å². The molecule has 4 rings (SSSR count). The van der Waals surface area contributed by atoms with E-state index in [1.54, 1.807) is 19.9 Å². The number of carbonyl (C=O) groups excluding carboxylic acids is 2. The lowest BCUT2D eigenvalue weighted by molar-refractivity contribution is -0.196. The molecule has 1 saturated heterocycles. The van der Waals surface area contributed by atoms with Crippen molar-refractivity contribution in [1.82, 2.24) is 20.1 Å². The summed E-state index contributed by atoms with van der Waals surface area (Å²) >= 11 is 0. The summed E-state index contributed by atoms with van der Waals surface area (Å²) in [5, 5.41) is 12.0. The highest BCUT2D eigenvalue weighted by molar-refractivity contribution is 5.89. The van der Waals surface area contributed by atoms with Crippen LogP contribution in [0.2, 0.25) is 0 Å². The Bertz CT molecular complexity index is 1300. The molecular weight excluding hydrogens is 542 g/mol. The molecule has 2 aliphatic rings. The van der Waals surface area contributed by atoms with E-state index in [1.807, 2.05) is 6.07 Å². The maximum Gasteiger partial charge on any atom is 0.404 e. The third-order valence-electron chi connectivity index (χ3n) is 7.57. The van der Waals surface area contributed by atoms with Gasteiger partial charge in [-0.3, -0.25) is 19.5 Å². The molecule has 8 nitrogen and oxygen atoms in total. The first kappa shape index (κ1) is 30.4. The van der Waals surface area contributed by atoms with E-state index in [9.17, 15) is 22.8 Å². The molecule has 1 saturated carbocycles. The van der Waals surface area contributed by atoms with Crippen molar-refractivity contribution in [1.29, 1.82) is 5.26 Å². The number of amides is 2. The third kappa shape index (κ3) is 7.80. The molecule has 0 radical (unpaired) electrons. The van der Waals surface area contributed by atoms with Gasteiger partial charge >= 0.3 is 6.18 Å². The number of alkyl halides is 3. The molecule has 0 spiro atoms. The van der Waals surface area contributed by atoms with Gasteiger partial charge in [0.05, 0.1) is 31.3 Å². The van der Waals surface area contributed by atoms with Crippen molar-refractivity contribution in [2.45, 2.75) is 57.9 Å². The van der Waals surface area contributed by atoms with Gasteiger partial charge < -0.3 is 15.0 Å². The van der Waals surface area contributed by atoms with Gasteiger partial charge in [-0.25, -0.2) is 4.39 Å². The number of carbonyl (C=O) groups is 2. The number of aryl methyl sites for hydroxylation is 2. The number of nitrogens with zero attached hydrogens (tertiary/aromatic N) is 4. The van der Waals surface area contributed by atoms with E-state index >= 15 is 4.39 Å². The summed E-state index contributed by atoms with van der Waals surface area (Å²) in [7, 11) is 0. The van der Waals surface area contributed by atoms with Crippen LogP contribution in [0.3, 0.4) is 0 Å². The summed E-state index contributed by atoms with van der Waals surface area (Å²) in [5.74, 6) is -2.06. The zero-order chi connectivity index (χ0) is 29.7. The van der Waals surface area contributed by atoms with Crippen molar-refractivity contribution < 1.29 is 31.9 Å². The molecule has 1 aromatic carbocycles. The van der Waals surface area contributed by atoms with E-state index in [4.69, 9.17) is 10.00 Å². The first-order chi connectivity index (χ1) is 19.5. The lowest BCUT2D eigenvalue weighted by atomic mass is 10.00. The normalized spacial score (nSPS) is 17.4. The van der Waals surface area contributed by atoms with Crippen LogP contribution in [-0.2, 0) is 20.9 Å². The Morgan fingerprint density at radius 1 is 1.22 bits per heavy atom. The molecule has 2 unspecified atom stereocenters. The second kappa shape index (κ2) is 13.0. The first-order valence-corrected chi connectivity index (χ1v) is 13.5.